The van der Waals surface area contributed by atoms with Gasteiger partial charge in [0.05, 0.1) is 11.1 Å². The number of amides is 1. The van der Waals surface area contributed by atoms with Gasteiger partial charge in [0.2, 0.25) is 0 Å². The van der Waals surface area contributed by atoms with Gasteiger partial charge in [-0.15, -0.1) is 0 Å². The predicted molar refractivity (Wildman–Crippen MR) is 130 cm³/mol. The highest BCUT2D eigenvalue weighted by molar-refractivity contribution is 5.90. The molecule has 2 aromatic rings. The van der Waals surface area contributed by atoms with E-state index in [1.54, 1.807) is 6.07 Å². The van der Waals surface area contributed by atoms with Crippen molar-refractivity contribution in [3.8, 4) is 5.75 Å². The van der Waals surface area contributed by atoms with Crippen LogP contribution >= 0.6 is 0 Å². The molecule has 0 radical (unpaired) electrons. The molecule has 1 amide bonds. The van der Waals surface area contributed by atoms with Crippen molar-refractivity contribution in [2.75, 3.05) is 24.6 Å². The topological polar surface area (TPSA) is 97.1 Å². The van der Waals surface area contributed by atoms with E-state index < -0.39 is 10.8 Å². The number of non-ortho nitro benzene ring substituents is 1. The van der Waals surface area contributed by atoms with Crippen molar-refractivity contribution in [1.82, 2.24) is 5.43 Å². The summed E-state index contributed by atoms with van der Waals surface area (Å²) >= 11 is 0. The van der Waals surface area contributed by atoms with Gasteiger partial charge in [0.15, 0.2) is 6.61 Å². The Kier molecular flexibility index (Phi) is 8.03. The minimum absolute atomic E-state index is 0.0108. The fourth-order valence-corrected chi connectivity index (χ4v) is 3.76. The summed E-state index contributed by atoms with van der Waals surface area (Å²) in [4.78, 5) is 25.2. The van der Waals surface area contributed by atoms with Gasteiger partial charge in [-0.2, -0.15) is 5.10 Å². The lowest BCUT2D eigenvalue weighted by molar-refractivity contribution is -0.384. The van der Waals surface area contributed by atoms with Crippen LogP contribution in [0.2, 0.25) is 0 Å². The molecule has 8 nitrogen and oxygen atoms in total. The molecule has 1 saturated heterocycles. The molecular formula is C25H32N4O4. The summed E-state index contributed by atoms with van der Waals surface area (Å²) < 4.78 is 5.54. The maximum Gasteiger partial charge on any atom is 0.277 e. The van der Waals surface area contributed by atoms with Crippen LogP contribution in [0.4, 0.5) is 11.4 Å². The molecule has 2 aromatic carbocycles. The second-order valence-corrected chi connectivity index (χ2v) is 9.26. The first-order chi connectivity index (χ1) is 15.7. The first kappa shape index (κ1) is 24.2. The number of hydrazone groups is 1. The number of ether oxygens (including phenoxy) is 1. The Balaban J connectivity index is 1.62. The minimum Gasteiger partial charge on any atom is -0.484 e. The first-order valence-electron chi connectivity index (χ1n) is 11.3. The molecule has 3 rings (SSSR count). The normalized spacial score (nSPS) is 14.7. The number of hydrogen-bond donors (Lipinski definition) is 1. The molecule has 0 spiro atoms. The summed E-state index contributed by atoms with van der Waals surface area (Å²) in [5, 5.41) is 15.3. The molecule has 1 aliphatic heterocycles. The molecule has 0 atom stereocenters. The van der Waals surface area contributed by atoms with Crippen molar-refractivity contribution in [1.29, 1.82) is 0 Å². The van der Waals surface area contributed by atoms with Gasteiger partial charge in [-0.3, -0.25) is 14.9 Å². The Labute approximate surface area is 194 Å². The van der Waals surface area contributed by atoms with Crippen molar-refractivity contribution in [3.05, 3.63) is 63.7 Å². The average molecular weight is 453 g/mol. The Morgan fingerprint density at radius 3 is 2.39 bits per heavy atom. The van der Waals surface area contributed by atoms with Gasteiger partial charge in [0.1, 0.15) is 5.75 Å². The summed E-state index contributed by atoms with van der Waals surface area (Å²) in [7, 11) is 0. The van der Waals surface area contributed by atoms with Gasteiger partial charge in [-0.25, -0.2) is 5.43 Å². The van der Waals surface area contributed by atoms with Crippen molar-refractivity contribution in [2.24, 2.45) is 5.10 Å². The van der Waals surface area contributed by atoms with E-state index in [0.29, 0.717) is 11.3 Å². The molecular weight excluding hydrogens is 420 g/mol. The Hall–Kier alpha value is -3.42. The number of nitro benzene ring substituents is 1. The Morgan fingerprint density at radius 1 is 1.12 bits per heavy atom. The first-order valence-corrected chi connectivity index (χ1v) is 11.3. The number of rotatable bonds is 7. The lowest BCUT2D eigenvalue weighted by Crippen LogP contribution is -2.26. The molecule has 0 unspecified atom stereocenters. The van der Waals surface area contributed by atoms with E-state index in [4.69, 9.17) is 4.74 Å². The van der Waals surface area contributed by atoms with Crippen LogP contribution in [-0.2, 0) is 10.2 Å². The molecule has 8 heteroatoms. The van der Waals surface area contributed by atoms with Gasteiger partial charge in [-0.05, 0) is 42.0 Å². The largest absolute Gasteiger partial charge is 0.484 e. The van der Waals surface area contributed by atoms with Crippen LogP contribution in [0.5, 0.6) is 5.75 Å². The van der Waals surface area contributed by atoms with Crippen LogP contribution < -0.4 is 15.1 Å². The Morgan fingerprint density at radius 2 is 1.79 bits per heavy atom. The van der Waals surface area contributed by atoms with E-state index >= 15 is 0 Å². The van der Waals surface area contributed by atoms with Crippen LogP contribution in [0.1, 0.15) is 57.6 Å². The van der Waals surface area contributed by atoms with Gasteiger partial charge >= 0.3 is 0 Å². The maximum absolute atomic E-state index is 12.2. The quantitative estimate of drug-likeness (QED) is 0.370. The average Bonchev–Trinajstić information content (AvgIpc) is 3.07. The molecule has 0 aliphatic carbocycles. The fraction of sp³-hybridized carbons (Fsp3) is 0.440. The van der Waals surface area contributed by atoms with Crippen molar-refractivity contribution < 1.29 is 14.5 Å². The predicted octanol–water partition coefficient (Wildman–Crippen LogP) is 4.80. The number of anilines is 1. The number of nitrogens with zero attached hydrogens (tertiary/aromatic N) is 3. The van der Waals surface area contributed by atoms with Crippen LogP contribution in [-0.4, -0.2) is 36.7 Å². The lowest BCUT2D eigenvalue weighted by atomic mass is 9.87. The van der Waals surface area contributed by atoms with Crippen molar-refractivity contribution in [3.63, 3.8) is 0 Å². The van der Waals surface area contributed by atoms with Crippen LogP contribution in [0, 0.1) is 10.1 Å². The number of carbonyl (C=O) groups excluding carboxylic acids is 1. The molecule has 0 aromatic heterocycles. The number of nitrogens with one attached hydrogen (secondary N) is 1. The zero-order chi connectivity index (χ0) is 23.8. The zero-order valence-corrected chi connectivity index (χ0v) is 19.5. The van der Waals surface area contributed by atoms with Crippen molar-refractivity contribution >= 4 is 23.5 Å². The molecule has 1 N–H and O–H groups in total. The maximum atomic E-state index is 12.2. The van der Waals surface area contributed by atoms with Gasteiger partial charge < -0.3 is 9.64 Å². The van der Waals surface area contributed by atoms with Crippen LogP contribution in [0.25, 0.3) is 0 Å². The van der Waals surface area contributed by atoms with E-state index in [2.05, 4.69) is 36.2 Å². The second kappa shape index (κ2) is 10.9. The summed E-state index contributed by atoms with van der Waals surface area (Å²) in [6.07, 6.45) is 5.99. The van der Waals surface area contributed by atoms with Crippen LogP contribution in [0.3, 0.4) is 0 Å². The lowest BCUT2D eigenvalue weighted by Gasteiger charge is -2.24. The highest BCUT2D eigenvalue weighted by atomic mass is 16.6. The third-order valence-electron chi connectivity index (χ3n) is 5.65. The Bertz CT molecular complexity index is 988. The summed E-state index contributed by atoms with van der Waals surface area (Å²) in [5.41, 5.74) is 5.15. The van der Waals surface area contributed by atoms with E-state index in [-0.39, 0.29) is 17.7 Å². The number of hydrogen-bond acceptors (Lipinski definition) is 6. The van der Waals surface area contributed by atoms with Gasteiger partial charge in [0, 0.05) is 36.5 Å². The summed E-state index contributed by atoms with van der Waals surface area (Å²) in [5.74, 6) is 0.192. The molecule has 1 fully saturated rings. The molecule has 1 heterocycles. The summed E-state index contributed by atoms with van der Waals surface area (Å²) in [6.45, 7) is 8.01. The van der Waals surface area contributed by atoms with Crippen molar-refractivity contribution in [2.45, 2.75) is 51.9 Å². The minimum atomic E-state index is -0.430. The van der Waals surface area contributed by atoms with E-state index in [0.717, 1.165) is 31.6 Å². The molecule has 176 valence electrons. The van der Waals surface area contributed by atoms with Gasteiger partial charge in [0.25, 0.3) is 11.6 Å². The monoisotopic (exact) mass is 452 g/mol. The smallest absolute Gasteiger partial charge is 0.277 e. The second-order valence-electron chi connectivity index (χ2n) is 9.26. The molecule has 0 saturated carbocycles. The van der Waals surface area contributed by atoms with E-state index in [1.165, 1.54) is 36.8 Å². The zero-order valence-electron chi connectivity index (χ0n) is 19.5. The fourth-order valence-electron chi connectivity index (χ4n) is 3.76. The van der Waals surface area contributed by atoms with E-state index in [1.807, 2.05) is 24.3 Å². The molecule has 0 bridgehead atoms. The van der Waals surface area contributed by atoms with Gasteiger partial charge in [-0.1, -0.05) is 45.7 Å². The highest BCUT2D eigenvalue weighted by Crippen LogP contribution is 2.27. The number of carbonyl (C=O) groups is 1. The number of benzene rings is 2. The highest BCUT2D eigenvalue weighted by Gasteiger charge is 2.17. The van der Waals surface area contributed by atoms with E-state index in [9.17, 15) is 14.9 Å². The third-order valence-corrected chi connectivity index (χ3v) is 5.65. The standard InChI is InChI=1S/C25H32N4O4/c1-25(2,3)20-8-11-22(12-9-20)33-18-24(30)27-26-17-19-16-21(29(31)32)10-13-23(19)28-14-6-4-5-7-15-28/h8-13,16-17H,4-7,14-15,18H2,1-3H3,(H,27,30). The molecule has 33 heavy (non-hydrogen) atoms. The van der Waals surface area contributed by atoms with Crippen LogP contribution in [0.15, 0.2) is 47.6 Å². The molecule has 1 aliphatic rings. The third kappa shape index (κ3) is 7.03. The number of nitro groups is 1. The summed E-state index contributed by atoms with van der Waals surface area (Å²) in [6, 6.07) is 12.4. The SMILES string of the molecule is CC(C)(C)c1ccc(OCC(=O)NN=Cc2cc([N+](=O)[O-])ccc2N2CCCCCC2)cc1.